The Balaban J connectivity index is 1.64. The lowest BCUT2D eigenvalue weighted by Crippen LogP contribution is -2.26. The normalized spacial score (nSPS) is 11.2. The maximum absolute atomic E-state index is 12.9. The van der Waals surface area contributed by atoms with E-state index in [-0.39, 0.29) is 11.5 Å². The highest BCUT2D eigenvalue weighted by molar-refractivity contribution is 5.80. The first kappa shape index (κ1) is 21.6. The molecule has 164 valence electrons. The van der Waals surface area contributed by atoms with Crippen molar-refractivity contribution in [3.63, 3.8) is 0 Å². The molecule has 0 aliphatic heterocycles. The molecule has 0 aliphatic carbocycles. The first-order chi connectivity index (χ1) is 15.6. The van der Waals surface area contributed by atoms with E-state index < -0.39 is 0 Å². The van der Waals surface area contributed by atoms with Crippen molar-refractivity contribution in [1.29, 1.82) is 0 Å². The molecule has 0 radical (unpaired) electrons. The van der Waals surface area contributed by atoms with Crippen LogP contribution in [0.1, 0.15) is 56.6 Å². The highest BCUT2D eigenvalue weighted by Gasteiger charge is 2.13. The molecule has 0 atom stereocenters. The molecule has 4 rings (SSSR count). The van der Waals surface area contributed by atoms with Crippen LogP contribution in [-0.4, -0.2) is 30.2 Å². The fourth-order valence-corrected chi connectivity index (χ4v) is 3.75. The fraction of sp³-hybridized carbons (Fsp3) is 0.320. The number of hydrogen-bond acceptors (Lipinski definition) is 5. The summed E-state index contributed by atoms with van der Waals surface area (Å²) in [6.07, 6.45) is 2.89. The third kappa shape index (κ3) is 4.66. The van der Waals surface area contributed by atoms with Gasteiger partial charge in [-0.15, -0.1) is 5.10 Å². The molecule has 32 heavy (non-hydrogen) atoms. The Morgan fingerprint density at radius 3 is 2.44 bits per heavy atom. The molecule has 7 heteroatoms. The molecule has 0 saturated heterocycles. The zero-order valence-electron chi connectivity index (χ0n) is 18.7. The van der Waals surface area contributed by atoms with Crippen molar-refractivity contribution >= 4 is 0 Å². The van der Waals surface area contributed by atoms with Gasteiger partial charge in [0.15, 0.2) is 5.82 Å². The number of nitrogens with one attached hydrogen (secondary N) is 1. The van der Waals surface area contributed by atoms with E-state index in [2.05, 4.69) is 71.7 Å². The summed E-state index contributed by atoms with van der Waals surface area (Å²) < 4.78 is 1.81. The van der Waals surface area contributed by atoms with Gasteiger partial charge in [-0.2, -0.15) is 0 Å². The highest BCUT2D eigenvalue weighted by atomic mass is 16.1. The molecule has 1 N–H and O–H groups in total. The van der Waals surface area contributed by atoms with Crippen LogP contribution in [0.15, 0.2) is 59.4 Å². The predicted molar refractivity (Wildman–Crippen MR) is 125 cm³/mol. The molecule has 4 aromatic rings. The van der Waals surface area contributed by atoms with E-state index >= 15 is 0 Å². The van der Waals surface area contributed by atoms with Crippen molar-refractivity contribution in [1.82, 2.24) is 30.2 Å². The summed E-state index contributed by atoms with van der Waals surface area (Å²) in [5, 5.41) is 14.3. The minimum Gasteiger partial charge on any atom is -0.292 e. The number of unbranched alkanes of at least 4 members (excludes halogenated alkanes) is 1. The molecule has 0 amide bonds. The maximum Gasteiger partial charge on any atom is 0.254 e. The van der Waals surface area contributed by atoms with Gasteiger partial charge >= 0.3 is 0 Å². The summed E-state index contributed by atoms with van der Waals surface area (Å²) in [6, 6.07) is 18.0. The minimum atomic E-state index is 0.0158. The molecule has 2 aromatic carbocycles. The number of nitrogens with zero attached hydrogens (tertiary/aromatic N) is 5. The standard InChI is InChI=1S/C25H28N6O/c1-4-5-10-23-26-22(17(2)3)15-24(32)31(23)16-18-11-13-19(14-12-18)20-8-6-7-9-21(20)25-27-29-30-28-25/h6-9,11-15,17H,4-5,10,16H2,1-3H3,(H,27,28,29,30). The van der Waals surface area contributed by atoms with Crippen molar-refractivity contribution in [2.24, 2.45) is 0 Å². The lowest BCUT2D eigenvalue weighted by atomic mass is 9.98. The molecule has 0 fully saturated rings. The van der Waals surface area contributed by atoms with Crippen LogP contribution in [0.3, 0.4) is 0 Å². The Hall–Kier alpha value is -3.61. The molecule has 0 aliphatic rings. The molecular formula is C25H28N6O. The molecule has 0 bridgehead atoms. The number of H-pyrrole nitrogens is 1. The molecule has 0 unspecified atom stereocenters. The Morgan fingerprint density at radius 2 is 1.78 bits per heavy atom. The minimum absolute atomic E-state index is 0.0158. The number of rotatable bonds is 8. The quantitative estimate of drug-likeness (QED) is 0.443. The second kappa shape index (κ2) is 9.68. The average molecular weight is 429 g/mol. The van der Waals surface area contributed by atoms with E-state index in [9.17, 15) is 4.79 Å². The molecular weight excluding hydrogens is 400 g/mol. The van der Waals surface area contributed by atoms with E-state index in [4.69, 9.17) is 4.98 Å². The van der Waals surface area contributed by atoms with Gasteiger partial charge in [0.1, 0.15) is 5.82 Å². The van der Waals surface area contributed by atoms with Crippen LogP contribution in [-0.2, 0) is 13.0 Å². The number of aromatic nitrogens is 6. The lowest BCUT2D eigenvalue weighted by Gasteiger charge is -2.15. The zero-order chi connectivity index (χ0) is 22.5. The van der Waals surface area contributed by atoms with Gasteiger partial charge in [-0.05, 0) is 39.5 Å². The largest absolute Gasteiger partial charge is 0.292 e. The Bertz CT molecular complexity index is 1230. The van der Waals surface area contributed by atoms with Gasteiger partial charge in [0, 0.05) is 18.1 Å². The average Bonchev–Trinajstić information content (AvgIpc) is 3.34. The van der Waals surface area contributed by atoms with Crippen LogP contribution < -0.4 is 5.56 Å². The van der Waals surface area contributed by atoms with E-state index in [0.717, 1.165) is 53.0 Å². The van der Waals surface area contributed by atoms with E-state index in [1.165, 1.54) is 0 Å². The summed E-state index contributed by atoms with van der Waals surface area (Å²) in [5.41, 5.74) is 4.99. The Morgan fingerprint density at radius 1 is 1.03 bits per heavy atom. The summed E-state index contributed by atoms with van der Waals surface area (Å²) in [7, 11) is 0. The second-order valence-electron chi connectivity index (χ2n) is 8.27. The first-order valence-corrected chi connectivity index (χ1v) is 11.1. The second-order valence-corrected chi connectivity index (χ2v) is 8.27. The summed E-state index contributed by atoms with van der Waals surface area (Å²) in [5.74, 6) is 1.74. The van der Waals surface area contributed by atoms with Gasteiger partial charge in [0.25, 0.3) is 5.56 Å². The molecule has 0 spiro atoms. The van der Waals surface area contributed by atoms with Crippen molar-refractivity contribution in [3.05, 3.63) is 82.0 Å². The van der Waals surface area contributed by atoms with Gasteiger partial charge in [0.2, 0.25) is 0 Å². The highest BCUT2D eigenvalue weighted by Crippen LogP contribution is 2.29. The number of benzene rings is 2. The van der Waals surface area contributed by atoms with Crippen molar-refractivity contribution in [2.75, 3.05) is 0 Å². The van der Waals surface area contributed by atoms with Gasteiger partial charge < -0.3 is 0 Å². The summed E-state index contributed by atoms with van der Waals surface area (Å²) in [6.45, 7) is 6.81. The lowest BCUT2D eigenvalue weighted by molar-refractivity contribution is 0.620. The summed E-state index contributed by atoms with van der Waals surface area (Å²) in [4.78, 5) is 17.7. The van der Waals surface area contributed by atoms with Gasteiger partial charge in [0.05, 0.1) is 12.2 Å². The summed E-state index contributed by atoms with van der Waals surface area (Å²) >= 11 is 0. The number of aryl methyl sites for hydroxylation is 1. The molecule has 7 nitrogen and oxygen atoms in total. The van der Waals surface area contributed by atoms with Crippen molar-refractivity contribution in [2.45, 2.75) is 52.5 Å². The molecule has 2 heterocycles. The van der Waals surface area contributed by atoms with Crippen molar-refractivity contribution < 1.29 is 0 Å². The Kier molecular flexibility index (Phi) is 6.54. The van der Waals surface area contributed by atoms with Gasteiger partial charge in [-0.25, -0.2) is 10.1 Å². The number of tetrazole rings is 1. The zero-order valence-corrected chi connectivity index (χ0v) is 18.7. The van der Waals surface area contributed by atoms with Crippen LogP contribution in [0.5, 0.6) is 0 Å². The third-order valence-electron chi connectivity index (χ3n) is 5.59. The van der Waals surface area contributed by atoms with Crippen LogP contribution in [0, 0.1) is 0 Å². The van der Waals surface area contributed by atoms with E-state index in [1.54, 1.807) is 6.07 Å². The smallest absolute Gasteiger partial charge is 0.254 e. The molecule has 2 aromatic heterocycles. The SMILES string of the molecule is CCCCc1nc(C(C)C)cc(=O)n1Cc1ccc(-c2ccccc2-c2nnn[nH]2)cc1. The predicted octanol–water partition coefficient (Wildman–Crippen LogP) is 4.60. The first-order valence-electron chi connectivity index (χ1n) is 11.1. The number of aromatic amines is 1. The van der Waals surface area contributed by atoms with Crippen LogP contribution in [0.25, 0.3) is 22.5 Å². The van der Waals surface area contributed by atoms with Crippen LogP contribution in [0.4, 0.5) is 0 Å². The maximum atomic E-state index is 12.9. The van der Waals surface area contributed by atoms with E-state index in [1.807, 2.05) is 22.8 Å². The van der Waals surface area contributed by atoms with E-state index in [0.29, 0.717) is 12.4 Å². The van der Waals surface area contributed by atoms with Gasteiger partial charge in [-0.1, -0.05) is 75.7 Å². The monoisotopic (exact) mass is 428 g/mol. The third-order valence-corrected chi connectivity index (χ3v) is 5.59. The molecule has 0 saturated carbocycles. The Labute approximate surface area is 187 Å². The fourth-order valence-electron chi connectivity index (χ4n) is 3.75. The topological polar surface area (TPSA) is 89.3 Å². The number of hydrogen-bond donors (Lipinski definition) is 1. The van der Waals surface area contributed by atoms with Gasteiger partial charge in [-0.3, -0.25) is 9.36 Å². The van der Waals surface area contributed by atoms with Crippen LogP contribution in [0.2, 0.25) is 0 Å². The van der Waals surface area contributed by atoms with Crippen molar-refractivity contribution in [3.8, 4) is 22.5 Å². The van der Waals surface area contributed by atoms with Crippen LogP contribution >= 0.6 is 0 Å².